The van der Waals surface area contributed by atoms with E-state index in [1.165, 1.54) is 24.3 Å². The van der Waals surface area contributed by atoms with Gasteiger partial charge in [-0.1, -0.05) is 11.8 Å². The van der Waals surface area contributed by atoms with Crippen LogP contribution < -0.4 is 4.72 Å². The molecule has 0 aliphatic carbocycles. The third-order valence-electron chi connectivity index (χ3n) is 2.00. The van der Waals surface area contributed by atoms with Crippen molar-refractivity contribution in [3.8, 4) is 11.8 Å². The third kappa shape index (κ3) is 4.91. The molecule has 0 heterocycles. The van der Waals surface area contributed by atoms with Crippen molar-refractivity contribution in [3.05, 3.63) is 29.8 Å². The number of aliphatic carboxylic acids is 1. The van der Waals surface area contributed by atoms with Crippen LogP contribution in [0.4, 0.5) is 0 Å². The summed E-state index contributed by atoms with van der Waals surface area (Å²) in [6, 6.07) is 5.59. The molecule has 1 rings (SSSR count). The smallest absolute Gasteiger partial charge is 0.318 e. The summed E-state index contributed by atoms with van der Waals surface area (Å²) < 4.78 is 25.2. The van der Waals surface area contributed by atoms with Crippen molar-refractivity contribution in [2.75, 3.05) is 6.54 Å². The van der Waals surface area contributed by atoms with Crippen LogP contribution in [0.3, 0.4) is 0 Å². The van der Waals surface area contributed by atoms with Gasteiger partial charge in [0.1, 0.15) is 12.8 Å². The van der Waals surface area contributed by atoms with Gasteiger partial charge in [-0.05, 0) is 24.3 Å². The first kappa shape index (κ1) is 14.9. The summed E-state index contributed by atoms with van der Waals surface area (Å²) in [6.45, 7) is -0.677. The van der Waals surface area contributed by atoms with E-state index in [0.717, 1.165) is 0 Å². The lowest BCUT2D eigenvalue weighted by Crippen LogP contribution is -2.29. The van der Waals surface area contributed by atoms with Crippen molar-refractivity contribution in [2.24, 2.45) is 0 Å². The Morgan fingerprint density at radius 1 is 1.32 bits per heavy atom. The van der Waals surface area contributed by atoms with Crippen LogP contribution in [0.1, 0.15) is 12.0 Å². The Labute approximate surface area is 110 Å². The summed E-state index contributed by atoms with van der Waals surface area (Å²) in [4.78, 5) is 20.3. The van der Waals surface area contributed by atoms with Gasteiger partial charge in [-0.25, -0.2) is 8.42 Å². The Morgan fingerprint density at radius 2 is 1.95 bits per heavy atom. The van der Waals surface area contributed by atoms with Gasteiger partial charge in [0.05, 0.1) is 11.3 Å². The summed E-state index contributed by atoms with van der Waals surface area (Å²) in [6.07, 6.45) is 0.780. The zero-order valence-corrected chi connectivity index (χ0v) is 10.6. The number of benzene rings is 1. The number of carboxylic acid groups (broad SMARTS) is 1. The van der Waals surface area contributed by atoms with Gasteiger partial charge in [0, 0.05) is 5.56 Å². The van der Waals surface area contributed by atoms with Crippen molar-refractivity contribution in [2.45, 2.75) is 11.3 Å². The van der Waals surface area contributed by atoms with Crippen LogP contribution in [0.5, 0.6) is 0 Å². The fourth-order valence-corrected chi connectivity index (χ4v) is 2.13. The number of rotatable bonds is 5. The molecule has 19 heavy (non-hydrogen) atoms. The Kier molecular flexibility index (Phi) is 5.23. The molecule has 6 nitrogen and oxygen atoms in total. The maximum Gasteiger partial charge on any atom is 0.318 e. The number of carbonyl (C=O) groups excluding carboxylic acids is 1. The fourth-order valence-electron chi connectivity index (χ4n) is 1.15. The van der Waals surface area contributed by atoms with Gasteiger partial charge >= 0.3 is 5.97 Å². The molecule has 1 aromatic carbocycles. The molecule has 0 aromatic heterocycles. The normalized spacial score (nSPS) is 10.3. The van der Waals surface area contributed by atoms with Crippen molar-refractivity contribution >= 4 is 22.3 Å². The summed E-state index contributed by atoms with van der Waals surface area (Å²) in [7, 11) is -3.83. The van der Waals surface area contributed by atoms with E-state index >= 15 is 0 Å². The maximum absolute atomic E-state index is 11.7. The van der Waals surface area contributed by atoms with Crippen molar-refractivity contribution < 1.29 is 23.1 Å². The van der Waals surface area contributed by atoms with Crippen molar-refractivity contribution in [1.82, 2.24) is 4.72 Å². The number of hydrogen-bond donors (Lipinski definition) is 2. The third-order valence-corrected chi connectivity index (χ3v) is 3.41. The maximum atomic E-state index is 11.7. The lowest BCUT2D eigenvalue weighted by molar-refractivity contribution is -0.135. The molecule has 0 saturated carbocycles. The van der Waals surface area contributed by atoms with Crippen molar-refractivity contribution in [1.29, 1.82) is 0 Å². The Balaban J connectivity index is 2.84. The number of carbonyl (C=O) groups is 2. The Bertz CT molecular complexity index is 622. The van der Waals surface area contributed by atoms with E-state index in [1.54, 1.807) is 0 Å². The molecule has 2 N–H and O–H groups in total. The number of carboxylic acids is 1. The van der Waals surface area contributed by atoms with E-state index in [1.807, 2.05) is 4.72 Å². The quantitative estimate of drug-likeness (QED) is 0.584. The summed E-state index contributed by atoms with van der Waals surface area (Å²) in [5, 5.41) is 8.41. The van der Waals surface area contributed by atoms with Gasteiger partial charge < -0.3 is 9.90 Å². The molecule has 0 atom stereocenters. The zero-order chi connectivity index (χ0) is 14.3. The molecule has 0 unspecified atom stereocenters. The fraction of sp³-hybridized carbons (Fsp3) is 0.167. The van der Waals surface area contributed by atoms with E-state index < -0.39 is 22.5 Å². The molecular weight excluding hydrogens is 270 g/mol. The summed E-state index contributed by atoms with van der Waals surface area (Å²) in [5.74, 6) is 4.01. The van der Waals surface area contributed by atoms with E-state index in [-0.39, 0.29) is 11.3 Å². The van der Waals surface area contributed by atoms with Crippen molar-refractivity contribution in [3.63, 3.8) is 0 Å². The first-order valence-electron chi connectivity index (χ1n) is 5.20. The molecule has 0 spiro atoms. The topological polar surface area (TPSA) is 101 Å². The van der Waals surface area contributed by atoms with E-state index in [2.05, 4.69) is 11.8 Å². The summed E-state index contributed by atoms with van der Waals surface area (Å²) >= 11 is 0. The second-order valence-corrected chi connectivity index (χ2v) is 5.18. The highest BCUT2D eigenvalue weighted by Crippen LogP contribution is 2.09. The molecule has 7 heteroatoms. The second-order valence-electron chi connectivity index (χ2n) is 3.42. The van der Waals surface area contributed by atoms with E-state index in [0.29, 0.717) is 11.8 Å². The molecule has 0 bridgehead atoms. The van der Waals surface area contributed by atoms with Gasteiger partial charge in [-0.2, -0.15) is 4.72 Å². The van der Waals surface area contributed by atoms with Crippen LogP contribution in [0, 0.1) is 11.8 Å². The highest BCUT2D eigenvalue weighted by atomic mass is 32.2. The van der Waals surface area contributed by atoms with Crippen LogP contribution in [-0.4, -0.2) is 32.3 Å². The number of sulfonamides is 1. The highest BCUT2D eigenvalue weighted by Gasteiger charge is 2.14. The first-order chi connectivity index (χ1) is 8.95. The molecule has 0 fully saturated rings. The van der Waals surface area contributed by atoms with Crippen LogP contribution >= 0.6 is 0 Å². The van der Waals surface area contributed by atoms with Crippen LogP contribution in [0.2, 0.25) is 0 Å². The molecule has 0 saturated heterocycles. The Morgan fingerprint density at radius 3 is 2.47 bits per heavy atom. The highest BCUT2D eigenvalue weighted by molar-refractivity contribution is 7.89. The number of aldehydes is 1. The average Bonchev–Trinajstić information content (AvgIpc) is 2.37. The second kappa shape index (κ2) is 6.68. The molecule has 0 aliphatic heterocycles. The largest absolute Gasteiger partial charge is 0.480 e. The van der Waals surface area contributed by atoms with Crippen LogP contribution in [0.15, 0.2) is 29.2 Å². The zero-order valence-electron chi connectivity index (χ0n) is 9.79. The summed E-state index contributed by atoms with van der Waals surface area (Å²) in [5.41, 5.74) is 0.569. The predicted octanol–water partition coefficient (Wildman–Crippen LogP) is -0.0100. The van der Waals surface area contributed by atoms with E-state index in [4.69, 9.17) is 5.11 Å². The first-order valence-corrected chi connectivity index (χ1v) is 6.68. The Hall–Kier alpha value is -2.17. The van der Waals surface area contributed by atoms with E-state index in [9.17, 15) is 18.0 Å². The lowest BCUT2D eigenvalue weighted by atomic mass is 10.2. The van der Waals surface area contributed by atoms with Gasteiger partial charge in [-0.15, -0.1) is 0 Å². The molecule has 0 radical (unpaired) electrons. The predicted molar refractivity (Wildman–Crippen MR) is 66.8 cm³/mol. The van der Waals surface area contributed by atoms with Crippen LogP contribution in [-0.2, 0) is 19.6 Å². The average molecular weight is 281 g/mol. The number of hydrogen-bond acceptors (Lipinski definition) is 4. The van der Waals surface area contributed by atoms with Gasteiger partial charge in [0.25, 0.3) is 0 Å². The van der Waals surface area contributed by atoms with Crippen LogP contribution in [0.25, 0.3) is 0 Å². The minimum absolute atomic E-state index is 0.0466. The molecule has 0 amide bonds. The minimum Gasteiger partial charge on any atom is -0.480 e. The molecule has 1 aromatic rings. The molecular formula is C12H11NO5S. The monoisotopic (exact) mass is 281 g/mol. The standard InChI is InChI=1S/C12H11NO5S/c14-8-2-1-3-10-4-6-11(7-5-10)19(17,18)13-9-12(15)16/h4-8,13H,2,9H2,(H,15,16). The van der Waals surface area contributed by atoms with Gasteiger partial charge in [-0.3, -0.25) is 4.79 Å². The lowest BCUT2D eigenvalue weighted by Gasteiger charge is -2.04. The SMILES string of the molecule is O=CCC#Cc1ccc(S(=O)(=O)NCC(=O)O)cc1. The minimum atomic E-state index is -3.83. The van der Waals surface area contributed by atoms with Gasteiger partial charge in [0.15, 0.2) is 0 Å². The van der Waals surface area contributed by atoms with Gasteiger partial charge in [0.2, 0.25) is 10.0 Å². The molecule has 100 valence electrons. The molecule has 0 aliphatic rings. The number of nitrogens with one attached hydrogen (secondary N) is 1.